The van der Waals surface area contributed by atoms with Crippen molar-refractivity contribution in [3.63, 3.8) is 0 Å². The van der Waals surface area contributed by atoms with Gasteiger partial charge in [-0.2, -0.15) is 0 Å². The Morgan fingerprint density at radius 1 is 1.24 bits per heavy atom. The van der Waals surface area contributed by atoms with E-state index in [4.69, 9.17) is 4.74 Å². The van der Waals surface area contributed by atoms with Gasteiger partial charge >= 0.3 is 0 Å². The van der Waals surface area contributed by atoms with E-state index in [0.717, 1.165) is 31.5 Å². The molecule has 4 heteroatoms. The summed E-state index contributed by atoms with van der Waals surface area (Å²) in [4.78, 5) is 0. The average Bonchev–Trinajstić information content (AvgIpc) is 2.34. The number of hydrogen-bond acceptors (Lipinski definition) is 3. The third-order valence-electron chi connectivity index (χ3n) is 2.58. The predicted octanol–water partition coefficient (Wildman–Crippen LogP) is 1.92. The fourth-order valence-corrected chi connectivity index (χ4v) is 1.60. The zero-order valence-corrected chi connectivity index (χ0v) is 10.6. The standard InChI is InChI=1S/C13H21FN2O/c1-15-7-3-4-8-16-10-11-5-6-13(17-2)12(14)9-11/h5-6,9,15-16H,3-4,7-8,10H2,1-2H3. The molecule has 0 aliphatic rings. The van der Waals surface area contributed by atoms with Crippen molar-refractivity contribution in [2.75, 3.05) is 27.2 Å². The van der Waals surface area contributed by atoms with E-state index in [-0.39, 0.29) is 5.82 Å². The quantitative estimate of drug-likeness (QED) is 0.681. The smallest absolute Gasteiger partial charge is 0.165 e. The highest BCUT2D eigenvalue weighted by atomic mass is 19.1. The molecule has 0 saturated carbocycles. The molecule has 0 radical (unpaired) electrons. The highest BCUT2D eigenvalue weighted by molar-refractivity contribution is 5.29. The number of hydrogen-bond donors (Lipinski definition) is 2. The highest BCUT2D eigenvalue weighted by Crippen LogP contribution is 2.17. The topological polar surface area (TPSA) is 33.3 Å². The molecule has 0 saturated heterocycles. The van der Waals surface area contributed by atoms with Crippen LogP contribution in [-0.4, -0.2) is 27.2 Å². The van der Waals surface area contributed by atoms with E-state index in [2.05, 4.69) is 10.6 Å². The van der Waals surface area contributed by atoms with Gasteiger partial charge < -0.3 is 15.4 Å². The molecule has 1 aromatic rings. The van der Waals surface area contributed by atoms with Gasteiger partial charge in [-0.3, -0.25) is 0 Å². The van der Waals surface area contributed by atoms with Crippen LogP contribution in [0.25, 0.3) is 0 Å². The lowest BCUT2D eigenvalue weighted by Gasteiger charge is -2.07. The van der Waals surface area contributed by atoms with Crippen molar-refractivity contribution in [2.24, 2.45) is 0 Å². The highest BCUT2D eigenvalue weighted by Gasteiger charge is 2.02. The van der Waals surface area contributed by atoms with Crippen LogP contribution in [0.15, 0.2) is 18.2 Å². The Balaban J connectivity index is 2.25. The maximum atomic E-state index is 13.4. The van der Waals surface area contributed by atoms with Crippen molar-refractivity contribution in [3.8, 4) is 5.75 Å². The Hall–Kier alpha value is -1.13. The monoisotopic (exact) mass is 240 g/mol. The Bertz CT molecular complexity index is 331. The van der Waals surface area contributed by atoms with Crippen LogP contribution in [0.3, 0.4) is 0 Å². The van der Waals surface area contributed by atoms with Gasteiger partial charge in [0.25, 0.3) is 0 Å². The number of ether oxygens (including phenoxy) is 1. The maximum absolute atomic E-state index is 13.4. The first-order chi connectivity index (χ1) is 8.27. The minimum Gasteiger partial charge on any atom is -0.494 e. The van der Waals surface area contributed by atoms with Gasteiger partial charge in [-0.05, 0) is 50.7 Å². The lowest BCUT2D eigenvalue weighted by Crippen LogP contribution is -2.16. The Morgan fingerprint density at radius 3 is 2.65 bits per heavy atom. The van der Waals surface area contributed by atoms with Crippen molar-refractivity contribution < 1.29 is 9.13 Å². The van der Waals surface area contributed by atoms with Crippen LogP contribution in [-0.2, 0) is 6.54 Å². The Labute approximate surface area is 102 Å². The van der Waals surface area contributed by atoms with Crippen LogP contribution >= 0.6 is 0 Å². The molecule has 96 valence electrons. The molecular weight excluding hydrogens is 219 g/mol. The second kappa shape index (κ2) is 8.03. The number of methoxy groups -OCH3 is 1. The van der Waals surface area contributed by atoms with Gasteiger partial charge in [0.15, 0.2) is 11.6 Å². The van der Waals surface area contributed by atoms with Gasteiger partial charge in [0.1, 0.15) is 0 Å². The minimum atomic E-state index is -0.304. The molecule has 0 aliphatic heterocycles. The first-order valence-corrected chi connectivity index (χ1v) is 5.95. The van der Waals surface area contributed by atoms with Gasteiger partial charge in [0, 0.05) is 6.54 Å². The molecule has 0 aliphatic carbocycles. The molecule has 0 unspecified atom stereocenters. The molecule has 0 aromatic heterocycles. The molecule has 0 spiro atoms. The van der Waals surface area contributed by atoms with Gasteiger partial charge in [0.05, 0.1) is 7.11 Å². The van der Waals surface area contributed by atoms with Crippen LogP contribution in [0.1, 0.15) is 18.4 Å². The van der Waals surface area contributed by atoms with E-state index >= 15 is 0 Å². The number of halogens is 1. The average molecular weight is 240 g/mol. The molecular formula is C13H21FN2O. The van der Waals surface area contributed by atoms with E-state index in [1.807, 2.05) is 13.1 Å². The second-order valence-corrected chi connectivity index (χ2v) is 3.96. The summed E-state index contributed by atoms with van der Waals surface area (Å²) < 4.78 is 18.2. The summed E-state index contributed by atoms with van der Waals surface area (Å²) in [7, 11) is 3.42. The molecule has 1 aromatic carbocycles. The summed E-state index contributed by atoms with van der Waals surface area (Å²) in [6.45, 7) is 2.69. The van der Waals surface area contributed by atoms with Crippen LogP contribution in [0, 0.1) is 5.82 Å². The summed E-state index contributed by atoms with van der Waals surface area (Å²) in [6, 6.07) is 5.05. The van der Waals surface area contributed by atoms with E-state index < -0.39 is 0 Å². The number of unbranched alkanes of at least 4 members (excludes halogenated alkanes) is 1. The zero-order chi connectivity index (χ0) is 12.5. The van der Waals surface area contributed by atoms with Crippen molar-refractivity contribution in [1.82, 2.24) is 10.6 Å². The van der Waals surface area contributed by atoms with Crippen molar-refractivity contribution >= 4 is 0 Å². The lowest BCUT2D eigenvalue weighted by molar-refractivity contribution is 0.386. The molecule has 3 nitrogen and oxygen atoms in total. The minimum absolute atomic E-state index is 0.294. The van der Waals surface area contributed by atoms with Gasteiger partial charge in [-0.25, -0.2) is 4.39 Å². The van der Waals surface area contributed by atoms with Crippen LogP contribution < -0.4 is 15.4 Å². The van der Waals surface area contributed by atoms with Crippen molar-refractivity contribution in [3.05, 3.63) is 29.6 Å². The summed E-state index contributed by atoms with van der Waals surface area (Å²) in [5.74, 6) is -0.00949. The largest absolute Gasteiger partial charge is 0.494 e. The van der Waals surface area contributed by atoms with Gasteiger partial charge in [-0.1, -0.05) is 6.07 Å². The molecule has 0 bridgehead atoms. The predicted molar refractivity (Wildman–Crippen MR) is 67.8 cm³/mol. The third-order valence-corrected chi connectivity index (χ3v) is 2.58. The molecule has 2 N–H and O–H groups in total. The van der Waals surface area contributed by atoms with E-state index in [1.54, 1.807) is 6.07 Å². The zero-order valence-electron chi connectivity index (χ0n) is 10.6. The van der Waals surface area contributed by atoms with E-state index in [1.165, 1.54) is 13.2 Å². The fraction of sp³-hybridized carbons (Fsp3) is 0.538. The van der Waals surface area contributed by atoms with Crippen LogP contribution in [0.5, 0.6) is 5.75 Å². The summed E-state index contributed by atoms with van der Waals surface area (Å²) in [5.41, 5.74) is 0.942. The first kappa shape index (κ1) is 13.9. The number of benzene rings is 1. The summed E-state index contributed by atoms with van der Waals surface area (Å²) >= 11 is 0. The first-order valence-electron chi connectivity index (χ1n) is 5.95. The van der Waals surface area contributed by atoms with E-state index in [0.29, 0.717) is 12.3 Å². The van der Waals surface area contributed by atoms with Crippen molar-refractivity contribution in [2.45, 2.75) is 19.4 Å². The second-order valence-electron chi connectivity index (χ2n) is 3.96. The Morgan fingerprint density at radius 2 is 2.00 bits per heavy atom. The lowest BCUT2D eigenvalue weighted by atomic mass is 10.2. The fourth-order valence-electron chi connectivity index (χ4n) is 1.60. The Kier molecular flexibility index (Phi) is 6.58. The van der Waals surface area contributed by atoms with E-state index in [9.17, 15) is 4.39 Å². The number of rotatable bonds is 8. The number of nitrogens with one attached hydrogen (secondary N) is 2. The summed E-state index contributed by atoms with van der Waals surface area (Å²) in [5, 5.41) is 6.40. The molecule has 1 rings (SSSR count). The SMILES string of the molecule is CNCCCCNCc1ccc(OC)c(F)c1. The van der Waals surface area contributed by atoms with Gasteiger partial charge in [-0.15, -0.1) is 0 Å². The maximum Gasteiger partial charge on any atom is 0.165 e. The van der Waals surface area contributed by atoms with Crippen LogP contribution in [0.2, 0.25) is 0 Å². The van der Waals surface area contributed by atoms with Crippen LogP contribution in [0.4, 0.5) is 4.39 Å². The molecule has 17 heavy (non-hydrogen) atoms. The molecule has 0 heterocycles. The molecule has 0 atom stereocenters. The molecule has 0 fully saturated rings. The molecule has 0 amide bonds. The van der Waals surface area contributed by atoms with Gasteiger partial charge in [0.2, 0.25) is 0 Å². The normalized spacial score (nSPS) is 10.5. The summed E-state index contributed by atoms with van der Waals surface area (Å²) in [6.07, 6.45) is 2.28. The third kappa shape index (κ3) is 5.15. The van der Waals surface area contributed by atoms with Crippen molar-refractivity contribution in [1.29, 1.82) is 0 Å².